The van der Waals surface area contributed by atoms with Gasteiger partial charge in [0, 0.05) is 30.5 Å². The molecular formula is C23H18BCl2N7. The number of imidazole rings is 1. The zero-order chi connectivity index (χ0) is 22.9. The monoisotopic (exact) mass is 473 g/mol. The summed E-state index contributed by atoms with van der Waals surface area (Å²) < 4.78 is 1.72. The highest BCUT2D eigenvalue weighted by molar-refractivity contribution is 6.42. The minimum atomic E-state index is 0.393. The van der Waals surface area contributed by atoms with Gasteiger partial charge >= 0.3 is 0 Å². The number of hydrogen-bond acceptors (Lipinski definition) is 5. The van der Waals surface area contributed by atoms with Crippen molar-refractivity contribution in [3.05, 3.63) is 88.2 Å². The van der Waals surface area contributed by atoms with Crippen molar-refractivity contribution < 1.29 is 0 Å². The standard InChI is InChI=1S/C23H18BCl2N7/c1-14-3-2-4-19(29-14)23-22(16-6-8-21-27-13-28-33(21)11-16)30-20(31-23)12-32(24)10-15-5-7-17(25)18(26)9-15/h2-9,11,13H,10,12H2,1H3,(H,30,31). The van der Waals surface area contributed by atoms with Crippen LogP contribution < -0.4 is 0 Å². The number of pyridine rings is 2. The summed E-state index contributed by atoms with van der Waals surface area (Å²) in [6, 6.07) is 15.2. The molecule has 0 saturated heterocycles. The number of halogens is 2. The van der Waals surface area contributed by atoms with Crippen molar-refractivity contribution in [3.63, 3.8) is 0 Å². The first-order valence-corrected chi connectivity index (χ1v) is 11.0. The van der Waals surface area contributed by atoms with Crippen LogP contribution in [0.3, 0.4) is 0 Å². The van der Waals surface area contributed by atoms with Crippen LogP contribution >= 0.6 is 23.2 Å². The molecule has 0 aliphatic heterocycles. The molecule has 1 N–H and O–H groups in total. The second-order valence-electron chi connectivity index (χ2n) is 7.71. The van der Waals surface area contributed by atoms with Crippen LogP contribution in [-0.2, 0) is 13.1 Å². The van der Waals surface area contributed by atoms with Gasteiger partial charge in [0.2, 0.25) is 0 Å². The molecule has 0 fully saturated rings. The normalized spacial score (nSPS) is 11.5. The van der Waals surface area contributed by atoms with E-state index in [1.807, 2.05) is 55.6 Å². The first-order chi connectivity index (χ1) is 16.0. The first-order valence-electron chi connectivity index (χ1n) is 10.2. The molecule has 2 radical (unpaired) electrons. The van der Waals surface area contributed by atoms with Gasteiger partial charge in [0.15, 0.2) is 13.6 Å². The van der Waals surface area contributed by atoms with Crippen molar-refractivity contribution >= 4 is 36.8 Å². The summed E-state index contributed by atoms with van der Waals surface area (Å²) >= 11 is 12.2. The third kappa shape index (κ3) is 4.64. The molecule has 0 amide bonds. The summed E-state index contributed by atoms with van der Waals surface area (Å²) in [4.78, 5) is 18.8. The van der Waals surface area contributed by atoms with Gasteiger partial charge in [0.1, 0.15) is 12.2 Å². The molecule has 162 valence electrons. The molecule has 0 saturated carbocycles. The average molecular weight is 474 g/mol. The van der Waals surface area contributed by atoms with E-state index >= 15 is 0 Å². The molecule has 0 spiro atoms. The number of hydrogen-bond donors (Lipinski definition) is 1. The minimum Gasteiger partial charge on any atom is -0.344 e. The molecule has 5 rings (SSSR count). The summed E-state index contributed by atoms with van der Waals surface area (Å²) in [5.74, 6) is 0.713. The van der Waals surface area contributed by atoms with Crippen LogP contribution in [0.5, 0.6) is 0 Å². The van der Waals surface area contributed by atoms with Crippen molar-refractivity contribution in [2.75, 3.05) is 0 Å². The van der Waals surface area contributed by atoms with Crippen LogP contribution in [-0.4, -0.2) is 42.3 Å². The Morgan fingerprint density at radius 3 is 2.73 bits per heavy atom. The summed E-state index contributed by atoms with van der Waals surface area (Å²) in [6.45, 7) is 2.83. The fourth-order valence-corrected chi connectivity index (χ4v) is 3.97. The third-order valence-electron chi connectivity index (χ3n) is 5.17. The second-order valence-corrected chi connectivity index (χ2v) is 8.52. The maximum absolute atomic E-state index is 6.31. The number of nitrogens with one attached hydrogen (secondary N) is 1. The van der Waals surface area contributed by atoms with E-state index in [1.54, 1.807) is 15.4 Å². The average Bonchev–Trinajstić information content (AvgIpc) is 3.42. The number of benzene rings is 1. The number of aromatic nitrogens is 6. The number of aryl methyl sites for hydroxylation is 1. The molecule has 0 aliphatic carbocycles. The zero-order valence-electron chi connectivity index (χ0n) is 17.7. The van der Waals surface area contributed by atoms with Crippen LogP contribution in [0.25, 0.3) is 28.3 Å². The summed E-state index contributed by atoms with van der Waals surface area (Å²) in [7, 11) is 6.31. The van der Waals surface area contributed by atoms with Crippen molar-refractivity contribution in [2.24, 2.45) is 0 Å². The number of H-pyrrole nitrogens is 1. The minimum absolute atomic E-state index is 0.393. The maximum atomic E-state index is 6.31. The summed E-state index contributed by atoms with van der Waals surface area (Å²) in [6.07, 6.45) is 3.42. The van der Waals surface area contributed by atoms with Crippen molar-refractivity contribution in [1.82, 2.24) is 34.4 Å². The molecule has 0 aliphatic rings. The Labute approximate surface area is 201 Å². The molecule has 33 heavy (non-hydrogen) atoms. The maximum Gasteiger partial charge on any atom is 0.183 e. The lowest BCUT2D eigenvalue weighted by atomic mass is 10.1. The van der Waals surface area contributed by atoms with Crippen LogP contribution in [0.15, 0.2) is 61.1 Å². The van der Waals surface area contributed by atoms with Crippen LogP contribution in [0.4, 0.5) is 0 Å². The second kappa shape index (κ2) is 8.98. The molecule has 1 aromatic carbocycles. The molecule has 4 aromatic heterocycles. The van der Waals surface area contributed by atoms with Gasteiger partial charge in [0.25, 0.3) is 0 Å². The molecule has 4 heterocycles. The quantitative estimate of drug-likeness (QED) is 0.355. The summed E-state index contributed by atoms with van der Waals surface area (Å²) in [5, 5.41) is 5.25. The smallest absolute Gasteiger partial charge is 0.183 e. The lowest BCUT2D eigenvalue weighted by molar-refractivity contribution is 0.432. The molecule has 0 unspecified atom stereocenters. The van der Waals surface area contributed by atoms with E-state index < -0.39 is 0 Å². The van der Waals surface area contributed by atoms with E-state index in [0.29, 0.717) is 29.0 Å². The molecule has 7 nitrogen and oxygen atoms in total. The van der Waals surface area contributed by atoms with Gasteiger partial charge in [-0.05, 0) is 48.9 Å². The Hall–Kier alpha value is -3.20. The summed E-state index contributed by atoms with van der Waals surface area (Å²) in [5.41, 5.74) is 5.91. The van der Waals surface area contributed by atoms with Gasteiger partial charge in [-0.1, -0.05) is 35.3 Å². The van der Waals surface area contributed by atoms with Crippen molar-refractivity contribution in [2.45, 2.75) is 20.0 Å². The third-order valence-corrected chi connectivity index (χ3v) is 5.91. The van der Waals surface area contributed by atoms with E-state index in [0.717, 1.165) is 39.5 Å². The predicted octanol–water partition coefficient (Wildman–Crippen LogP) is 4.88. The largest absolute Gasteiger partial charge is 0.344 e. The van der Waals surface area contributed by atoms with Crippen molar-refractivity contribution in [3.8, 4) is 22.6 Å². The van der Waals surface area contributed by atoms with Gasteiger partial charge in [-0.25, -0.2) is 14.5 Å². The number of rotatable bonds is 6. The van der Waals surface area contributed by atoms with Crippen LogP contribution in [0.1, 0.15) is 17.1 Å². The lowest BCUT2D eigenvalue weighted by Gasteiger charge is -2.16. The van der Waals surface area contributed by atoms with Gasteiger partial charge in [-0.15, -0.1) is 0 Å². The van der Waals surface area contributed by atoms with E-state index in [-0.39, 0.29) is 0 Å². The Bertz CT molecular complexity index is 1450. The highest BCUT2D eigenvalue weighted by Crippen LogP contribution is 2.30. The van der Waals surface area contributed by atoms with Gasteiger partial charge in [-0.3, -0.25) is 4.98 Å². The molecular weight excluding hydrogens is 456 g/mol. The Balaban J connectivity index is 1.49. The molecule has 0 bridgehead atoms. The Morgan fingerprint density at radius 1 is 1.03 bits per heavy atom. The topological polar surface area (TPSA) is 75.0 Å². The van der Waals surface area contributed by atoms with Crippen LogP contribution in [0, 0.1) is 6.92 Å². The van der Waals surface area contributed by atoms with E-state index in [9.17, 15) is 0 Å². The predicted molar refractivity (Wildman–Crippen MR) is 130 cm³/mol. The first kappa shape index (κ1) is 21.6. The fourth-order valence-electron chi connectivity index (χ4n) is 3.65. The highest BCUT2D eigenvalue weighted by atomic mass is 35.5. The van der Waals surface area contributed by atoms with Gasteiger partial charge in [-0.2, -0.15) is 5.10 Å². The number of nitrogens with zero attached hydrogens (tertiary/aromatic N) is 6. The molecule has 5 aromatic rings. The Kier molecular flexibility index (Phi) is 5.89. The van der Waals surface area contributed by atoms with Gasteiger partial charge < -0.3 is 9.79 Å². The highest BCUT2D eigenvalue weighted by Gasteiger charge is 2.17. The Morgan fingerprint density at radius 2 is 1.91 bits per heavy atom. The van der Waals surface area contributed by atoms with Crippen molar-refractivity contribution in [1.29, 1.82) is 0 Å². The lowest BCUT2D eigenvalue weighted by Crippen LogP contribution is -2.19. The SMILES string of the molecule is [B]N(Cc1ccc(Cl)c(Cl)c1)Cc1nc(-c2ccc3ncnn3c2)c(-c2cccc(C)n2)[nH]1. The van der Waals surface area contributed by atoms with E-state index in [1.165, 1.54) is 6.33 Å². The van der Waals surface area contributed by atoms with Crippen LogP contribution in [0.2, 0.25) is 10.0 Å². The molecule has 0 atom stereocenters. The fraction of sp³-hybridized carbons (Fsp3) is 0.130. The zero-order valence-corrected chi connectivity index (χ0v) is 19.2. The number of fused-ring (bicyclic) bond motifs is 1. The molecule has 10 heteroatoms. The number of aromatic amines is 1. The van der Waals surface area contributed by atoms with Gasteiger partial charge in [0.05, 0.1) is 27.1 Å². The van der Waals surface area contributed by atoms with E-state index in [2.05, 4.69) is 20.1 Å². The van der Waals surface area contributed by atoms with E-state index in [4.69, 9.17) is 36.2 Å².